The Balaban J connectivity index is 1.62. The molecule has 1 unspecified atom stereocenters. The highest BCUT2D eigenvalue weighted by Crippen LogP contribution is 2.37. The number of aromatic nitrogens is 4. The van der Waals surface area contributed by atoms with E-state index in [2.05, 4.69) is 39.5 Å². The van der Waals surface area contributed by atoms with Crippen LogP contribution in [0.1, 0.15) is 31.9 Å². The summed E-state index contributed by atoms with van der Waals surface area (Å²) in [4.78, 5) is 5.48. The van der Waals surface area contributed by atoms with Crippen molar-refractivity contribution < 1.29 is 4.52 Å². The van der Waals surface area contributed by atoms with E-state index in [4.69, 9.17) is 4.52 Å². The van der Waals surface area contributed by atoms with Crippen LogP contribution < -0.4 is 5.32 Å². The van der Waals surface area contributed by atoms with Crippen LogP contribution in [0.2, 0.25) is 0 Å². The van der Waals surface area contributed by atoms with Crippen LogP contribution in [0.4, 0.5) is 5.13 Å². The first-order chi connectivity index (χ1) is 11.1. The molecule has 0 spiro atoms. The SMILES string of the molecule is CC(C)CNc1nnc(SC(C)c2nc(-c3cccs3)no2)s1. The molecule has 0 aliphatic carbocycles. The zero-order chi connectivity index (χ0) is 16.2. The maximum absolute atomic E-state index is 5.37. The second kappa shape index (κ2) is 7.41. The molecular formula is C14H17N5OS3. The van der Waals surface area contributed by atoms with Crippen LogP contribution in [0.3, 0.4) is 0 Å². The van der Waals surface area contributed by atoms with Gasteiger partial charge in [0.15, 0.2) is 4.34 Å². The van der Waals surface area contributed by atoms with Gasteiger partial charge in [-0.2, -0.15) is 4.98 Å². The molecule has 0 aromatic carbocycles. The van der Waals surface area contributed by atoms with Crippen LogP contribution in [-0.2, 0) is 0 Å². The van der Waals surface area contributed by atoms with Gasteiger partial charge in [0.05, 0.1) is 10.1 Å². The van der Waals surface area contributed by atoms with Crippen molar-refractivity contribution in [2.24, 2.45) is 5.92 Å². The van der Waals surface area contributed by atoms with Crippen molar-refractivity contribution >= 4 is 39.6 Å². The molecule has 122 valence electrons. The van der Waals surface area contributed by atoms with Crippen molar-refractivity contribution in [3.05, 3.63) is 23.4 Å². The zero-order valence-corrected chi connectivity index (χ0v) is 15.5. The molecule has 3 aromatic rings. The predicted octanol–water partition coefficient (Wildman–Crippen LogP) is 4.57. The van der Waals surface area contributed by atoms with Gasteiger partial charge in [-0.05, 0) is 24.3 Å². The molecule has 0 radical (unpaired) electrons. The Morgan fingerprint density at radius 2 is 2.17 bits per heavy atom. The summed E-state index contributed by atoms with van der Waals surface area (Å²) in [5.74, 6) is 1.81. The summed E-state index contributed by atoms with van der Waals surface area (Å²) in [5.41, 5.74) is 0. The molecule has 3 rings (SSSR count). The first-order valence-electron chi connectivity index (χ1n) is 7.23. The van der Waals surface area contributed by atoms with Crippen LogP contribution in [0.5, 0.6) is 0 Å². The van der Waals surface area contributed by atoms with E-state index in [0.29, 0.717) is 17.6 Å². The Bertz CT molecular complexity index is 737. The van der Waals surface area contributed by atoms with Crippen molar-refractivity contribution in [1.82, 2.24) is 20.3 Å². The minimum atomic E-state index is 0.0297. The van der Waals surface area contributed by atoms with Gasteiger partial charge in [-0.3, -0.25) is 0 Å². The summed E-state index contributed by atoms with van der Waals surface area (Å²) in [6.07, 6.45) is 0. The van der Waals surface area contributed by atoms with Crippen LogP contribution >= 0.6 is 34.4 Å². The molecule has 0 amide bonds. The van der Waals surface area contributed by atoms with E-state index in [1.165, 1.54) is 0 Å². The van der Waals surface area contributed by atoms with Crippen molar-refractivity contribution in [1.29, 1.82) is 0 Å². The van der Waals surface area contributed by atoms with Gasteiger partial charge in [-0.1, -0.05) is 48.2 Å². The number of thiophene rings is 1. The number of thioether (sulfide) groups is 1. The van der Waals surface area contributed by atoms with Gasteiger partial charge in [0.1, 0.15) is 0 Å². The zero-order valence-electron chi connectivity index (χ0n) is 13.0. The maximum atomic E-state index is 5.37. The molecule has 23 heavy (non-hydrogen) atoms. The summed E-state index contributed by atoms with van der Waals surface area (Å²) >= 11 is 4.71. The Morgan fingerprint density at radius 3 is 2.91 bits per heavy atom. The van der Waals surface area contributed by atoms with Crippen LogP contribution in [0.15, 0.2) is 26.4 Å². The lowest BCUT2D eigenvalue weighted by Gasteiger charge is -2.03. The smallest absolute Gasteiger partial charge is 0.240 e. The molecule has 3 aromatic heterocycles. The van der Waals surface area contributed by atoms with E-state index in [9.17, 15) is 0 Å². The molecule has 0 bridgehead atoms. The minimum Gasteiger partial charge on any atom is -0.360 e. The molecule has 0 aliphatic heterocycles. The van der Waals surface area contributed by atoms with E-state index in [-0.39, 0.29) is 5.25 Å². The Hall–Kier alpha value is -1.45. The van der Waals surface area contributed by atoms with Crippen molar-refractivity contribution in [3.63, 3.8) is 0 Å². The van der Waals surface area contributed by atoms with Gasteiger partial charge < -0.3 is 9.84 Å². The number of hydrogen-bond acceptors (Lipinski definition) is 9. The first kappa shape index (κ1) is 16.4. The molecule has 3 heterocycles. The summed E-state index contributed by atoms with van der Waals surface area (Å²) < 4.78 is 6.26. The number of hydrogen-bond donors (Lipinski definition) is 1. The lowest BCUT2D eigenvalue weighted by molar-refractivity contribution is 0.381. The summed E-state index contributed by atoms with van der Waals surface area (Å²) in [7, 11) is 0. The van der Waals surface area contributed by atoms with Crippen molar-refractivity contribution in [2.75, 3.05) is 11.9 Å². The maximum Gasteiger partial charge on any atom is 0.240 e. The average molecular weight is 368 g/mol. The quantitative estimate of drug-likeness (QED) is 0.613. The third-order valence-electron chi connectivity index (χ3n) is 2.88. The number of nitrogens with zero attached hydrogens (tertiary/aromatic N) is 4. The van der Waals surface area contributed by atoms with Gasteiger partial charge in [0.25, 0.3) is 0 Å². The highest BCUT2D eigenvalue weighted by atomic mass is 32.2. The number of anilines is 1. The average Bonchev–Trinajstić information content (AvgIpc) is 3.25. The first-order valence-corrected chi connectivity index (χ1v) is 9.81. The molecule has 0 fully saturated rings. The third-order valence-corrected chi connectivity index (χ3v) is 5.80. The molecule has 0 aliphatic rings. The van der Waals surface area contributed by atoms with Gasteiger partial charge in [0.2, 0.25) is 16.8 Å². The van der Waals surface area contributed by atoms with Gasteiger partial charge in [-0.15, -0.1) is 21.5 Å². The fourth-order valence-electron chi connectivity index (χ4n) is 1.73. The monoisotopic (exact) mass is 367 g/mol. The molecule has 1 atom stereocenters. The van der Waals surface area contributed by atoms with Crippen LogP contribution in [-0.4, -0.2) is 26.9 Å². The molecule has 6 nitrogen and oxygen atoms in total. The lowest BCUT2D eigenvalue weighted by atomic mass is 10.2. The minimum absolute atomic E-state index is 0.0297. The number of nitrogens with one attached hydrogen (secondary N) is 1. The summed E-state index contributed by atoms with van der Waals surface area (Å²) in [6, 6.07) is 3.95. The molecule has 1 N–H and O–H groups in total. The Kier molecular flexibility index (Phi) is 5.29. The Morgan fingerprint density at radius 1 is 1.30 bits per heavy atom. The highest BCUT2D eigenvalue weighted by molar-refractivity contribution is 8.01. The fourth-order valence-corrected chi connectivity index (χ4v) is 4.31. The molecule has 9 heteroatoms. The van der Waals surface area contributed by atoms with E-state index in [1.807, 2.05) is 24.4 Å². The van der Waals surface area contributed by atoms with E-state index >= 15 is 0 Å². The normalized spacial score (nSPS) is 12.7. The molecule has 0 saturated heterocycles. The highest BCUT2D eigenvalue weighted by Gasteiger charge is 2.19. The van der Waals surface area contributed by atoms with E-state index < -0.39 is 0 Å². The lowest BCUT2D eigenvalue weighted by Crippen LogP contribution is -2.07. The van der Waals surface area contributed by atoms with Gasteiger partial charge in [0, 0.05) is 6.54 Å². The summed E-state index contributed by atoms with van der Waals surface area (Å²) in [6.45, 7) is 7.24. The van der Waals surface area contributed by atoms with Gasteiger partial charge in [-0.25, -0.2) is 0 Å². The molecular weight excluding hydrogens is 350 g/mol. The summed E-state index contributed by atoms with van der Waals surface area (Å²) in [5, 5.41) is 18.5. The van der Waals surface area contributed by atoms with Crippen molar-refractivity contribution in [3.8, 4) is 10.7 Å². The van der Waals surface area contributed by atoms with Gasteiger partial charge >= 0.3 is 0 Å². The third kappa shape index (κ3) is 4.30. The second-order valence-corrected chi connectivity index (χ2v) is 8.85. The topological polar surface area (TPSA) is 76.7 Å². The van der Waals surface area contributed by atoms with Crippen LogP contribution in [0, 0.1) is 5.92 Å². The predicted molar refractivity (Wildman–Crippen MR) is 95.1 cm³/mol. The second-order valence-electron chi connectivity index (χ2n) is 5.34. The van der Waals surface area contributed by atoms with E-state index in [0.717, 1.165) is 20.9 Å². The standard InChI is InChI=1S/C14H17N5OS3/c1-8(2)7-15-13-17-18-14(23-13)22-9(3)12-16-11(19-20-12)10-5-4-6-21-10/h4-6,8-9H,7H2,1-3H3,(H,15,17). The fraction of sp³-hybridized carbons (Fsp3) is 0.429. The largest absolute Gasteiger partial charge is 0.360 e. The molecule has 0 saturated carbocycles. The number of rotatable bonds is 7. The van der Waals surface area contributed by atoms with E-state index in [1.54, 1.807) is 34.4 Å². The van der Waals surface area contributed by atoms with Crippen molar-refractivity contribution in [2.45, 2.75) is 30.4 Å². The van der Waals surface area contributed by atoms with Crippen LogP contribution in [0.25, 0.3) is 10.7 Å². The Labute approximate surface area is 146 Å².